The molecule has 4 heteroatoms. The molecule has 0 bridgehead atoms. The lowest BCUT2D eigenvalue weighted by Crippen LogP contribution is -2.35. The van der Waals surface area contributed by atoms with Gasteiger partial charge >= 0.3 is 0 Å². The van der Waals surface area contributed by atoms with E-state index in [-0.39, 0.29) is 5.91 Å². The topological polar surface area (TPSA) is 56.1 Å². The van der Waals surface area contributed by atoms with Crippen LogP contribution in [0.5, 0.6) is 0 Å². The van der Waals surface area contributed by atoms with Crippen LogP contribution in [-0.4, -0.2) is 37.0 Å². The first-order valence-corrected chi connectivity index (χ1v) is 7.30. The number of amides is 1. The minimum absolute atomic E-state index is 0.0655. The molecule has 0 atom stereocenters. The third-order valence-electron chi connectivity index (χ3n) is 3.69. The van der Waals surface area contributed by atoms with Crippen LogP contribution in [0.4, 0.5) is 0 Å². The van der Waals surface area contributed by atoms with Crippen molar-refractivity contribution in [1.29, 1.82) is 5.26 Å². The normalized spacial score (nSPS) is 16.1. The maximum Gasteiger partial charge on any atom is 0.251 e. The van der Waals surface area contributed by atoms with Gasteiger partial charge in [0.15, 0.2) is 0 Å². The van der Waals surface area contributed by atoms with Gasteiger partial charge in [0.05, 0.1) is 11.6 Å². The average Bonchev–Trinajstić information content (AvgIpc) is 2.76. The Morgan fingerprint density at radius 1 is 1.15 bits per heavy atom. The van der Waals surface area contributed by atoms with Crippen LogP contribution in [0.2, 0.25) is 0 Å². The van der Waals surface area contributed by atoms with Crippen molar-refractivity contribution in [1.82, 2.24) is 10.2 Å². The number of carbonyl (C=O) groups is 1. The minimum Gasteiger partial charge on any atom is -0.351 e. The van der Waals surface area contributed by atoms with Gasteiger partial charge in [-0.15, -0.1) is 0 Å². The molecule has 0 spiro atoms. The maximum atomic E-state index is 11.9. The molecule has 0 unspecified atom stereocenters. The van der Waals surface area contributed by atoms with E-state index in [1.165, 1.54) is 25.7 Å². The summed E-state index contributed by atoms with van der Waals surface area (Å²) in [6, 6.07) is 8.78. The Morgan fingerprint density at radius 2 is 1.80 bits per heavy atom. The molecule has 1 fully saturated rings. The van der Waals surface area contributed by atoms with E-state index < -0.39 is 0 Å². The van der Waals surface area contributed by atoms with Crippen LogP contribution in [0.1, 0.15) is 41.6 Å². The second-order valence-electron chi connectivity index (χ2n) is 5.20. The molecule has 2 rings (SSSR count). The number of likely N-dealkylation sites (tertiary alicyclic amines) is 1. The highest BCUT2D eigenvalue weighted by Gasteiger charge is 2.09. The van der Waals surface area contributed by atoms with Crippen LogP contribution in [0.25, 0.3) is 0 Å². The van der Waals surface area contributed by atoms with E-state index in [9.17, 15) is 4.79 Å². The Labute approximate surface area is 120 Å². The number of nitriles is 1. The molecule has 0 radical (unpaired) electrons. The largest absolute Gasteiger partial charge is 0.351 e. The van der Waals surface area contributed by atoms with Crippen LogP contribution in [0.15, 0.2) is 24.3 Å². The second-order valence-corrected chi connectivity index (χ2v) is 5.20. The van der Waals surface area contributed by atoms with Crippen LogP contribution in [0.3, 0.4) is 0 Å². The van der Waals surface area contributed by atoms with Crippen molar-refractivity contribution in [3.63, 3.8) is 0 Å². The standard InChI is InChI=1S/C16H21N3O/c17-13-14-5-7-15(8-6-14)16(20)18-9-12-19-10-3-1-2-4-11-19/h5-8H,1-4,9-12H2,(H,18,20). The van der Waals surface area contributed by atoms with E-state index in [1.807, 2.05) is 6.07 Å². The van der Waals surface area contributed by atoms with Crippen molar-refractivity contribution in [2.24, 2.45) is 0 Å². The van der Waals surface area contributed by atoms with Gasteiger partial charge in [0, 0.05) is 18.7 Å². The molecular weight excluding hydrogens is 250 g/mol. The summed E-state index contributed by atoms with van der Waals surface area (Å²) >= 11 is 0. The van der Waals surface area contributed by atoms with Gasteiger partial charge in [-0.2, -0.15) is 5.26 Å². The lowest BCUT2D eigenvalue weighted by molar-refractivity contribution is 0.0948. The van der Waals surface area contributed by atoms with Gasteiger partial charge in [0.25, 0.3) is 5.91 Å². The zero-order valence-corrected chi connectivity index (χ0v) is 11.8. The van der Waals surface area contributed by atoms with Gasteiger partial charge in [-0.3, -0.25) is 4.79 Å². The molecule has 1 N–H and O–H groups in total. The van der Waals surface area contributed by atoms with Gasteiger partial charge in [0.1, 0.15) is 0 Å². The first kappa shape index (κ1) is 14.5. The fourth-order valence-electron chi connectivity index (χ4n) is 2.49. The minimum atomic E-state index is -0.0655. The molecule has 20 heavy (non-hydrogen) atoms. The summed E-state index contributed by atoms with van der Waals surface area (Å²) in [5.74, 6) is -0.0655. The third-order valence-corrected chi connectivity index (χ3v) is 3.69. The highest BCUT2D eigenvalue weighted by Crippen LogP contribution is 2.08. The van der Waals surface area contributed by atoms with E-state index in [0.29, 0.717) is 17.7 Å². The number of rotatable bonds is 4. The predicted molar refractivity (Wildman–Crippen MR) is 78.4 cm³/mol. The first-order chi connectivity index (χ1) is 9.79. The van der Waals surface area contributed by atoms with E-state index in [1.54, 1.807) is 24.3 Å². The Morgan fingerprint density at radius 3 is 2.40 bits per heavy atom. The van der Waals surface area contributed by atoms with Crippen LogP contribution in [-0.2, 0) is 0 Å². The summed E-state index contributed by atoms with van der Waals surface area (Å²) in [5, 5.41) is 11.7. The quantitative estimate of drug-likeness (QED) is 0.913. The van der Waals surface area contributed by atoms with Gasteiger partial charge in [-0.25, -0.2) is 0 Å². The van der Waals surface area contributed by atoms with E-state index >= 15 is 0 Å². The molecule has 106 valence electrons. The lowest BCUT2D eigenvalue weighted by Gasteiger charge is -2.19. The molecule has 1 heterocycles. The Kier molecular flexibility index (Phi) is 5.57. The maximum absolute atomic E-state index is 11.9. The predicted octanol–water partition coefficient (Wildman–Crippen LogP) is 2.16. The number of hydrogen-bond acceptors (Lipinski definition) is 3. The van der Waals surface area contributed by atoms with Gasteiger partial charge in [-0.1, -0.05) is 12.8 Å². The van der Waals surface area contributed by atoms with Crippen LogP contribution in [0, 0.1) is 11.3 Å². The highest BCUT2D eigenvalue weighted by molar-refractivity contribution is 5.94. The number of hydrogen-bond donors (Lipinski definition) is 1. The van der Waals surface area contributed by atoms with Gasteiger partial charge in [-0.05, 0) is 50.2 Å². The molecule has 0 saturated carbocycles. The fraction of sp³-hybridized carbons (Fsp3) is 0.500. The summed E-state index contributed by atoms with van der Waals surface area (Å²) < 4.78 is 0. The fourth-order valence-corrected chi connectivity index (χ4v) is 2.49. The molecule has 1 aromatic rings. The molecular formula is C16H21N3O. The molecule has 0 aliphatic carbocycles. The van der Waals surface area contributed by atoms with Crippen molar-refractivity contribution in [2.45, 2.75) is 25.7 Å². The Balaban J connectivity index is 1.75. The van der Waals surface area contributed by atoms with E-state index in [2.05, 4.69) is 10.2 Å². The monoisotopic (exact) mass is 271 g/mol. The highest BCUT2D eigenvalue weighted by atomic mass is 16.1. The summed E-state index contributed by atoms with van der Waals surface area (Å²) in [4.78, 5) is 14.4. The van der Waals surface area contributed by atoms with Gasteiger partial charge in [0.2, 0.25) is 0 Å². The summed E-state index contributed by atoms with van der Waals surface area (Å²) in [5.41, 5.74) is 1.19. The van der Waals surface area contributed by atoms with Crippen molar-refractivity contribution in [3.8, 4) is 6.07 Å². The SMILES string of the molecule is N#Cc1ccc(C(=O)NCCN2CCCCCC2)cc1. The number of nitrogens with zero attached hydrogens (tertiary/aromatic N) is 2. The third kappa shape index (κ3) is 4.36. The summed E-state index contributed by atoms with van der Waals surface area (Å²) in [7, 11) is 0. The van der Waals surface area contributed by atoms with Crippen molar-refractivity contribution in [2.75, 3.05) is 26.2 Å². The number of benzene rings is 1. The smallest absolute Gasteiger partial charge is 0.251 e. The van der Waals surface area contributed by atoms with Crippen molar-refractivity contribution < 1.29 is 4.79 Å². The summed E-state index contributed by atoms with van der Waals surface area (Å²) in [6.07, 6.45) is 5.19. The van der Waals surface area contributed by atoms with Crippen molar-refractivity contribution >= 4 is 5.91 Å². The van der Waals surface area contributed by atoms with Crippen LogP contribution >= 0.6 is 0 Å². The molecule has 1 aliphatic heterocycles. The molecule has 1 aliphatic rings. The average molecular weight is 271 g/mol. The van der Waals surface area contributed by atoms with Crippen molar-refractivity contribution in [3.05, 3.63) is 35.4 Å². The molecule has 1 aromatic carbocycles. The van der Waals surface area contributed by atoms with E-state index in [4.69, 9.17) is 5.26 Å². The van der Waals surface area contributed by atoms with Crippen LogP contribution < -0.4 is 5.32 Å². The van der Waals surface area contributed by atoms with E-state index in [0.717, 1.165) is 19.6 Å². The zero-order valence-electron chi connectivity index (χ0n) is 11.8. The number of carbonyl (C=O) groups excluding carboxylic acids is 1. The molecule has 1 amide bonds. The Bertz CT molecular complexity index is 467. The molecule has 1 saturated heterocycles. The Hall–Kier alpha value is -1.86. The number of nitrogens with one attached hydrogen (secondary N) is 1. The molecule has 0 aromatic heterocycles. The second kappa shape index (κ2) is 7.66. The lowest BCUT2D eigenvalue weighted by atomic mass is 10.1. The van der Waals surface area contributed by atoms with Gasteiger partial charge < -0.3 is 10.2 Å². The summed E-state index contributed by atoms with van der Waals surface area (Å²) in [6.45, 7) is 3.89. The zero-order chi connectivity index (χ0) is 14.2. The molecule has 4 nitrogen and oxygen atoms in total. The first-order valence-electron chi connectivity index (χ1n) is 7.30.